The molecule has 2 N–H and O–H groups in total. The molecule has 6 heteroatoms. The van der Waals surface area contributed by atoms with E-state index in [1.165, 1.54) is 12.1 Å². The average Bonchev–Trinajstić information content (AvgIpc) is 2.96. The van der Waals surface area contributed by atoms with Gasteiger partial charge in [0.15, 0.2) is 0 Å². The number of urea groups is 1. The first-order valence-electron chi connectivity index (χ1n) is 9.60. The highest BCUT2D eigenvalue weighted by molar-refractivity contribution is 5.82. The zero-order valence-corrected chi connectivity index (χ0v) is 16.0. The molecular formula is C21H27FN2O3. The van der Waals surface area contributed by atoms with Crippen LogP contribution in [0.1, 0.15) is 56.9 Å². The van der Waals surface area contributed by atoms with Crippen LogP contribution in [-0.4, -0.2) is 18.4 Å². The number of aldehydes is 1. The van der Waals surface area contributed by atoms with Crippen molar-refractivity contribution in [2.45, 2.75) is 58.5 Å². The Morgan fingerprint density at radius 2 is 1.96 bits per heavy atom. The lowest BCUT2D eigenvalue weighted by Gasteiger charge is -2.28. The maximum absolute atomic E-state index is 13.6. The lowest BCUT2D eigenvalue weighted by Crippen LogP contribution is -2.45. The zero-order chi connectivity index (χ0) is 19.6. The fraction of sp³-hybridized carbons (Fsp3) is 0.524. The number of halogens is 1. The lowest BCUT2D eigenvalue weighted by atomic mass is 9.87. The second-order valence-corrected chi connectivity index (χ2v) is 7.82. The molecule has 0 bridgehead atoms. The van der Waals surface area contributed by atoms with Crippen molar-refractivity contribution in [3.05, 3.63) is 35.3 Å². The van der Waals surface area contributed by atoms with Gasteiger partial charge in [-0.05, 0) is 56.7 Å². The molecule has 0 aliphatic heterocycles. The van der Waals surface area contributed by atoms with Crippen LogP contribution >= 0.6 is 0 Å². The Morgan fingerprint density at radius 1 is 1.26 bits per heavy atom. The lowest BCUT2D eigenvalue weighted by molar-refractivity contribution is -0.111. The number of furan rings is 1. The van der Waals surface area contributed by atoms with Gasteiger partial charge in [0.2, 0.25) is 0 Å². The number of rotatable bonds is 5. The van der Waals surface area contributed by atoms with Crippen LogP contribution in [-0.2, 0) is 4.79 Å². The summed E-state index contributed by atoms with van der Waals surface area (Å²) < 4.78 is 19.5. The van der Waals surface area contributed by atoms with Crippen LogP contribution in [0.5, 0.6) is 0 Å². The number of hydrogen-bond donors (Lipinski definition) is 2. The van der Waals surface area contributed by atoms with Gasteiger partial charge in [0.25, 0.3) is 0 Å². The molecule has 2 amide bonds. The highest BCUT2D eigenvalue weighted by atomic mass is 19.1. The van der Waals surface area contributed by atoms with Gasteiger partial charge in [0.1, 0.15) is 23.4 Å². The van der Waals surface area contributed by atoms with Crippen molar-refractivity contribution in [2.75, 3.05) is 0 Å². The third kappa shape index (κ3) is 4.31. The minimum Gasteiger partial charge on any atom is -0.459 e. The van der Waals surface area contributed by atoms with Gasteiger partial charge in [0.05, 0.1) is 6.04 Å². The van der Waals surface area contributed by atoms with E-state index in [4.69, 9.17) is 4.42 Å². The summed E-state index contributed by atoms with van der Waals surface area (Å²) in [4.78, 5) is 23.4. The summed E-state index contributed by atoms with van der Waals surface area (Å²) in [5.41, 5.74) is 1.46. The molecule has 0 spiro atoms. The van der Waals surface area contributed by atoms with Gasteiger partial charge in [0, 0.05) is 22.9 Å². The van der Waals surface area contributed by atoms with Gasteiger partial charge >= 0.3 is 6.03 Å². The van der Waals surface area contributed by atoms with Crippen LogP contribution in [0.2, 0.25) is 0 Å². The van der Waals surface area contributed by atoms with Crippen LogP contribution in [0.15, 0.2) is 22.6 Å². The molecule has 0 radical (unpaired) electrons. The van der Waals surface area contributed by atoms with Crippen LogP contribution < -0.4 is 10.6 Å². The first-order valence-corrected chi connectivity index (χ1v) is 9.60. The summed E-state index contributed by atoms with van der Waals surface area (Å²) in [6.45, 7) is 5.90. The van der Waals surface area contributed by atoms with Gasteiger partial charge < -0.3 is 19.8 Å². The standard InChI is InChI=1S/C21H27FN2O3/c1-12(2)19(20-13(3)17-10-15(22)6-9-18(17)27-20)24-21(26)23-16-7-4-14(11-25)5-8-16/h6,9-12,14,16,19H,4-5,7-8H2,1-3H3,(H2,23,24,26)/t14?,16?,19-/m0/s1. The molecule has 5 nitrogen and oxygen atoms in total. The fourth-order valence-corrected chi connectivity index (χ4v) is 3.81. The molecular weight excluding hydrogens is 347 g/mol. The van der Waals surface area contributed by atoms with Crippen LogP contribution in [0, 0.1) is 24.6 Å². The molecule has 146 valence electrons. The molecule has 27 heavy (non-hydrogen) atoms. The van der Waals surface area contributed by atoms with Crippen LogP contribution in [0.25, 0.3) is 11.0 Å². The number of carbonyl (C=O) groups is 2. The Labute approximate surface area is 158 Å². The van der Waals surface area contributed by atoms with E-state index in [0.717, 1.165) is 42.9 Å². The molecule has 0 unspecified atom stereocenters. The van der Waals surface area contributed by atoms with Crippen molar-refractivity contribution in [1.82, 2.24) is 10.6 Å². The molecule has 1 aliphatic rings. The van der Waals surface area contributed by atoms with E-state index in [-0.39, 0.29) is 35.8 Å². The third-order valence-corrected chi connectivity index (χ3v) is 5.47. The van der Waals surface area contributed by atoms with Gasteiger partial charge in [-0.15, -0.1) is 0 Å². The molecule has 1 atom stereocenters. The Hall–Kier alpha value is -2.37. The number of amides is 2. The minimum absolute atomic E-state index is 0.0832. The number of aryl methyl sites for hydroxylation is 1. The summed E-state index contributed by atoms with van der Waals surface area (Å²) in [7, 11) is 0. The highest BCUT2D eigenvalue weighted by Gasteiger charge is 2.27. The molecule has 2 aromatic rings. The monoisotopic (exact) mass is 374 g/mol. The van der Waals surface area contributed by atoms with E-state index in [2.05, 4.69) is 10.6 Å². The fourth-order valence-electron chi connectivity index (χ4n) is 3.81. The number of hydrogen-bond acceptors (Lipinski definition) is 3. The van der Waals surface area contributed by atoms with Gasteiger partial charge in [-0.1, -0.05) is 13.8 Å². The summed E-state index contributed by atoms with van der Waals surface area (Å²) in [5.74, 6) is 0.569. The van der Waals surface area contributed by atoms with Gasteiger partial charge in [-0.25, -0.2) is 9.18 Å². The third-order valence-electron chi connectivity index (χ3n) is 5.47. The summed E-state index contributed by atoms with van der Waals surface area (Å²) in [6, 6.07) is 3.97. The minimum atomic E-state index is -0.313. The van der Waals surface area contributed by atoms with E-state index >= 15 is 0 Å². The normalized spacial score (nSPS) is 21.2. The van der Waals surface area contributed by atoms with Gasteiger partial charge in [-0.2, -0.15) is 0 Å². The van der Waals surface area contributed by atoms with Crippen LogP contribution in [0.4, 0.5) is 9.18 Å². The quantitative estimate of drug-likeness (QED) is 0.749. The first-order chi connectivity index (χ1) is 12.9. The Balaban J connectivity index is 1.72. The molecule has 1 aromatic carbocycles. The maximum Gasteiger partial charge on any atom is 0.315 e. The summed E-state index contributed by atoms with van der Waals surface area (Å²) >= 11 is 0. The van der Waals surface area contributed by atoms with E-state index in [1.54, 1.807) is 6.07 Å². The predicted octanol–water partition coefficient (Wildman–Crippen LogP) is 4.63. The van der Waals surface area contributed by atoms with Crippen molar-refractivity contribution in [3.63, 3.8) is 0 Å². The molecule has 1 saturated carbocycles. The number of fused-ring (bicyclic) bond motifs is 1. The second-order valence-electron chi connectivity index (χ2n) is 7.82. The predicted molar refractivity (Wildman–Crippen MR) is 102 cm³/mol. The van der Waals surface area contributed by atoms with E-state index in [1.807, 2.05) is 20.8 Å². The molecule has 1 heterocycles. The summed E-state index contributed by atoms with van der Waals surface area (Å²) in [5, 5.41) is 6.75. The smallest absolute Gasteiger partial charge is 0.315 e. The first kappa shape index (κ1) is 19.4. The van der Waals surface area contributed by atoms with E-state index < -0.39 is 0 Å². The van der Waals surface area contributed by atoms with E-state index in [0.29, 0.717) is 11.3 Å². The molecule has 1 aliphatic carbocycles. The van der Waals surface area contributed by atoms with Crippen molar-refractivity contribution < 1.29 is 18.4 Å². The topological polar surface area (TPSA) is 71.3 Å². The zero-order valence-electron chi connectivity index (χ0n) is 16.0. The number of benzene rings is 1. The van der Waals surface area contributed by atoms with Crippen molar-refractivity contribution in [2.24, 2.45) is 11.8 Å². The Morgan fingerprint density at radius 3 is 2.59 bits per heavy atom. The molecule has 0 saturated heterocycles. The maximum atomic E-state index is 13.6. The SMILES string of the molecule is Cc1c([C@@H](NC(=O)NC2CCC(C=O)CC2)C(C)C)oc2ccc(F)cc12. The Bertz CT molecular complexity index is 822. The molecule has 1 aromatic heterocycles. The number of carbonyl (C=O) groups excluding carboxylic acids is 2. The van der Waals surface area contributed by atoms with Crippen molar-refractivity contribution >= 4 is 23.3 Å². The van der Waals surface area contributed by atoms with E-state index in [9.17, 15) is 14.0 Å². The van der Waals surface area contributed by atoms with Crippen LogP contribution in [0.3, 0.4) is 0 Å². The highest BCUT2D eigenvalue weighted by Crippen LogP contribution is 2.33. The molecule has 1 fully saturated rings. The second kappa shape index (κ2) is 8.11. The summed E-state index contributed by atoms with van der Waals surface area (Å²) in [6.07, 6.45) is 4.27. The number of nitrogens with one attached hydrogen (secondary N) is 2. The largest absolute Gasteiger partial charge is 0.459 e. The molecule has 3 rings (SSSR count). The Kier molecular flexibility index (Phi) is 5.82. The van der Waals surface area contributed by atoms with Gasteiger partial charge in [-0.3, -0.25) is 0 Å². The van der Waals surface area contributed by atoms with Crippen molar-refractivity contribution in [3.8, 4) is 0 Å². The average molecular weight is 374 g/mol. The van der Waals surface area contributed by atoms with Crippen molar-refractivity contribution in [1.29, 1.82) is 0 Å².